The van der Waals surface area contributed by atoms with Crippen molar-refractivity contribution in [3.63, 3.8) is 0 Å². The predicted molar refractivity (Wildman–Crippen MR) is 112 cm³/mol. The molecule has 0 unspecified atom stereocenters. The highest BCUT2D eigenvalue weighted by atomic mass is 16.5. The average molecular weight is 407 g/mol. The maximum absolute atomic E-state index is 13.1. The van der Waals surface area contributed by atoms with E-state index in [4.69, 9.17) is 14.0 Å². The van der Waals surface area contributed by atoms with Gasteiger partial charge in [0.05, 0.1) is 14.2 Å². The fourth-order valence-electron chi connectivity index (χ4n) is 3.78. The zero-order valence-corrected chi connectivity index (χ0v) is 17.4. The van der Waals surface area contributed by atoms with E-state index in [9.17, 15) is 4.79 Å². The van der Waals surface area contributed by atoms with Gasteiger partial charge in [0, 0.05) is 17.7 Å². The number of carbonyl (C=O) groups excluding carboxylic acids is 1. The third kappa shape index (κ3) is 3.75. The zero-order chi connectivity index (χ0) is 21.1. The molecule has 0 N–H and O–H groups in total. The third-order valence-corrected chi connectivity index (χ3v) is 5.49. The van der Waals surface area contributed by atoms with Crippen molar-refractivity contribution in [3.8, 4) is 22.9 Å². The van der Waals surface area contributed by atoms with E-state index in [2.05, 4.69) is 17.1 Å². The van der Waals surface area contributed by atoms with E-state index >= 15 is 0 Å². The number of nitrogens with zero attached hydrogens (tertiary/aromatic N) is 3. The number of rotatable bonds is 6. The lowest BCUT2D eigenvalue weighted by Crippen LogP contribution is -2.30. The lowest BCUT2D eigenvalue weighted by atomic mass is 10.1. The summed E-state index contributed by atoms with van der Waals surface area (Å²) < 4.78 is 16.2. The minimum absolute atomic E-state index is 0.00832. The molecule has 1 atom stereocenters. The van der Waals surface area contributed by atoms with Crippen LogP contribution in [0.15, 0.2) is 47.0 Å². The van der Waals surface area contributed by atoms with Crippen molar-refractivity contribution >= 4 is 5.91 Å². The summed E-state index contributed by atoms with van der Waals surface area (Å²) in [6.07, 6.45) is 2.64. The molecule has 1 fully saturated rings. The molecule has 7 nitrogen and oxygen atoms in total. The average Bonchev–Trinajstić information content (AvgIpc) is 3.47. The van der Waals surface area contributed by atoms with Crippen LogP contribution < -0.4 is 9.47 Å². The highest BCUT2D eigenvalue weighted by Crippen LogP contribution is 2.35. The highest BCUT2D eigenvalue weighted by Gasteiger charge is 2.34. The Kier molecular flexibility index (Phi) is 5.70. The number of hydrogen-bond acceptors (Lipinski definition) is 6. The first kappa shape index (κ1) is 19.9. The molecule has 1 aliphatic rings. The van der Waals surface area contributed by atoms with E-state index in [0.717, 1.165) is 24.8 Å². The molecule has 1 saturated heterocycles. The molecule has 7 heteroatoms. The van der Waals surface area contributed by atoms with Gasteiger partial charge < -0.3 is 18.9 Å². The van der Waals surface area contributed by atoms with E-state index < -0.39 is 0 Å². The van der Waals surface area contributed by atoms with Gasteiger partial charge in [0.2, 0.25) is 11.7 Å². The number of hydrogen-bond donors (Lipinski definition) is 0. The smallest absolute Gasteiger partial charge is 0.254 e. The predicted octanol–water partition coefficient (Wildman–Crippen LogP) is 4.29. The minimum atomic E-state index is -0.218. The number of carbonyl (C=O) groups is 1. The second-order valence-electron chi connectivity index (χ2n) is 7.23. The zero-order valence-electron chi connectivity index (χ0n) is 17.4. The number of amides is 1. The van der Waals surface area contributed by atoms with Gasteiger partial charge in [-0.15, -0.1) is 0 Å². The SMILES string of the molecule is CCc1ccc(C(=O)N2CCC[C@@H]2c2nc(-c3ccc(OC)c(OC)c3)no2)cc1. The number of likely N-dealkylation sites (tertiary alicyclic amines) is 1. The molecule has 2 aromatic carbocycles. The first-order valence-corrected chi connectivity index (χ1v) is 10.1. The molecular weight excluding hydrogens is 382 g/mol. The topological polar surface area (TPSA) is 77.7 Å². The lowest BCUT2D eigenvalue weighted by molar-refractivity contribution is 0.0710. The van der Waals surface area contributed by atoms with Crippen molar-refractivity contribution < 1.29 is 18.8 Å². The Hall–Kier alpha value is -3.35. The van der Waals surface area contributed by atoms with Gasteiger partial charge in [-0.2, -0.15) is 4.98 Å². The van der Waals surface area contributed by atoms with Crippen molar-refractivity contribution in [1.29, 1.82) is 0 Å². The third-order valence-electron chi connectivity index (χ3n) is 5.49. The monoisotopic (exact) mass is 407 g/mol. The van der Waals surface area contributed by atoms with E-state index in [-0.39, 0.29) is 11.9 Å². The van der Waals surface area contributed by atoms with Crippen LogP contribution in [-0.2, 0) is 6.42 Å². The van der Waals surface area contributed by atoms with Crippen molar-refractivity contribution in [2.24, 2.45) is 0 Å². The summed E-state index contributed by atoms with van der Waals surface area (Å²) in [5, 5.41) is 4.13. The summed E-state index contributed by atoms with van der Waals surface area (Å²) in [4.78, 5) is 19.5. The van der Waals surface area contributed by atoms with Crippen LogP contribution in [0.2, 0.25) is 0 Å². The van der Waals surface area contributed by atoms with Crippen molar-refractivity contribution in [2.45, 2.75) is 32.2 Å². The van der Waals surface area contributed by atoms with Crippen LogP contribution in [-0.4, -0.2) is 41.7 Å². The molecule has 0 bridgehead atoms. The first-order chi connectivity index (χ1) is 14.6. The van der Waals surface area contributed by atoms with Gasteiger partial charge in [-0.25, -0.2) is 0 Å². The summed E-state index contributed by atoms with van der Waals surface area (Å²) in [6, 6.07) is 13.0. The number of ether oxygens (including phenoxy) is 2. The number of aromatic nitrogens is 2. The Labute approximate surface area is 175 Å². The molecule has 1 aromatic heterocycles. The number of aryl methyl sites for hydroxylation is 1. The van der Waals surface area contributed by atoms with Crippen LogP contribution in [0.1, 0.15) is 47.6 Å². The van der Waals surface area contributed by atoms with Crippen LogP contribution in [0.4, 0.5) is 0 Å². The molecule has 0 aliphatic carbocycles. The Morgan fingerprint density at radius 2 is 1.90 bits per heavy atom. The van der Waals surface area contributed by atoms with Crippen molar-refractivity contribution in [3.05, 3.63) is 59.5 Å². The number of benzene rings is 2. The minimum Gasteiger partial charge on any atom is -0.493 e. The van der Waals surface area contributed by atoms with Gasteiger partial charge in [-0.3, -0.25) is 4.79 Å². The highest BCUT2D eigenvalue weighted by molar-refractivity contribution is 5.94. The van der Waals surface area contributed by atoms with Crippen molar-refractivity contribution in [1.82, 2.24) is 15.0 Å². The fraction of sp³-hybridized carbons (Fsp3) is 0.348. The van der Waals surface area contributed by atoms with Gasteiger partial charge in [-0.05, 0) is 55.2 Å². The quantitative estimate of drug-likeness (QED) is 0.606. The maximum atomic E-state index is 13.1. The van der Waals surface area contributed by atoms with Crippen LogP contribution in [0.25, 0.3) is 11.4 Å². The molecule has 3 aromatic rings. The summed E-state index contributed by atoms with van der Waals surface area (Å²) in [5.41, 5.74) is 2.65. The standard InChI is InChI=1S/C23H25N3O4/c1-4-15-7-9-16(10-8-15)23(27)26-13-5-6-18(26)22-24-21(25-30-22)17-11-12-19(28-2)20(14-17)29-3/h7-12,14,18H,4-6,13H2,1-3H3/t18-/m1/s1. The summed E-state index contributed by atoms with van der Waals surface area (Å²) in [6.45, 7) is 2.77. The molecule has 1 aliphatic heterocycles. The fourth-order valence-corrected chi connectivity index (χ4v) is 3.78. The molecule has 0 saturated carbocycles. The van der Waals surface area contributed by atoms with E-state index in [0.29, 0.717) is 35.3 Å². The Morgan fingerprint density at radius 3 is 2.60 bits per heavy atom. The van der Waals surface area contributed by atoms with E-state index in [1.165, 1.54) is 5.56 Å². The van der Waals surface area contributed by atoms with E-state index in [1.807, 2.05) is 35.2 Å². The largest absolute Gasteiger partial charge is 0.493 e. The van der Waals surface area contributed by atoms with Crippen LogP contribution in [0.3, 0.4) is 0 Å². The van der Waals surface area contributed by atoms with E-state index in [1.54, 1.807) is 26.4 Å². The Balaban J connectivity index is 1.57. The summed E-state index contributed by atoms with van der Waals surface area (Å²) in [7, 11) is 3.17. The van der Waals surface area contributed by atoms with Crippen LogP contribution >= 0.6 is 0 Å². The molecular formula is C23H25N3O4. The van der Waals surface area contributed by atoms with Crippen molar-refractivity contribution in [2.75, 3.05) is 20.8 Å². The van der Waals surface area contributed by atoms with Gasteiger partial charge in [0.15, 0.2) is 11.5 Å². The molecule has 4 rings (SSSR count). The second kappa shape index (κ2) is 8.57. The summed E-state index contributed by atoms with van der Waals surface area (Å²) in [5.74, 6) is 2.13. The van der Waals surface area contributed by atoms with Gasteiger partial charge in [0.1, 0.15) is 6.04 Å². The van der Waals surface area contributed by atoms with Crippen LogP contribution in [0, 0.1) is 0 Å². The molecule has 156 valence electrons. The lowest BCUT2D eigenvalue weighted by Gasteiger charge is -2.22. The normalized spacial score (nSPS) is 16.0. The number of methoxy groups -OCH3 is 2. The van der Waals surface area contributed by atoms with Crippen LogP contribution in [0.5, 0.6) is 11.5 Å². The molecule has 30 heavy (non-hydrogen) atoms. The Bertz CT molecular complexity index is 1030. The van der Waals surface area contributed by atoms with Gasteiger partial charge >= 0.3 is 0 Å². The molecule has 1 amide bonds. The molecule has 0 radical (unpaired) electrons. The molecule has 2 heterocycles. The van der Waals surface area contributed by atoms with Gasteiger partial charge in [-0.1, -0.05) is 24.2 Å². The maximum Gasteiger partial charge on any atom is 0.254 e. The van der Waals surface area contributed by atoms with Gasteiger partial charge in [0.25, 0.3) is 5.91 Å². The second-order valence-corrected chi connectivity index (χ2v) is 7.23. The summed E-state index contributed by atoms with van der Waals surface area (Å²) >= 11 is 0. The first-order valence-electron chi connectivity index (χ1n) is 10.1. The Morgan fingerprint density at radius 1 is 1.13 bits per heavy atom. The molecule has 0 spiro atoms.